The number of thiophene rings is 1. The second-order valence-corrected chi connectivity index (χ2v) is 9.39. The SMILES string of the molecule is CN1CCC(N(C)c2nc3cc(NC(=O)c4ccc(-c5ccccc5)s4)ccc3o2)CC1. The summed E-state index contributed by atoms with van der Waals surface area (Å²) >= 11 is 1.48. The number of piperidine rings is 1. The summed E-state index contributed by atoms with van der Waals surface area (Å²) < 4.78 is 6.00. The van der Waals surface area contributed by atoms with Crippen molar-refractivity contribution in [1.82, 2.24) is 9.88 Å². The molecule has 6 nitrogen and oxygen atoms in total. The Morgan fingerprint density at radius 1 is 1.12 bits per heavy atom. The molecule has 0 spiro atoms. The minimum absolute atomic E-state index is 0.122. The number of fused-ring (bicyclic) bond motifs is 1. The van der Waals surface area contributed by atoms with E-state index >= 15 is 0 Å². The molecule has 3 heterocycles. The number of amides is 1. The van der Waals surface area contributed by atoms with Crippen molar-refractivity contribution in [3.63, 3.8) is 0 Å². The molecule has 0 atom stereocenters. The summed E-state index contributed by atoms with van der Waals surface area (Å²) in [6.45, 7) is 2.17. The van der Waals surface area contributed by atoms with E-state index in [2.05, 4.69) is 27.1 Å². The van der Waals surface area contributed by atoms with Gasteiger partial charge >= 0.3 is 0 Å². The molecular weight excluding hydrogens is 420 g/mol. The van der Waals surface area contributed by atoms with Gasteiger partial charge in [-0.1, -0.05) is 30.3 Å². The highest BCUT2D eigenvalue weighted by atomic mass is 32.1. The molecule has 0 bridgehead atoms. The molecule has 1 N–H and O–H groups in total. The number of hydrogen-bond acceptors (Lipinski definition) is 6. The first-order chi connectivity index (χ1) is 15.6. The predicted molar refractivity (Wildman–Crippen MR) is 131 cm³/mol. The standard InChI is InChI=1S/C25H26N4O2S/c1-28-14-12-19(13-15-28)29(2)25-27-20-16-18(8-9-21(20)31-25)26-24(30)23-11-10-22(32-23)17-6-4-3-5-7-17/h3-11,16,19H,12-15H2,1-2H3,(H,26,30). The van der Waals surface area contributed by atoms with Crippen LogP contribution in [-0.2, 0) is 0 Å². The van der Waals surface area contributed by atoms with Gasteiger partial charge in [0, 0.05) is 23.7 Å². The number of benzene rings is 2. The van der Waals surface area contributed by atoms with Crippen LogP contribution in [0, 0.1) is 0 Å². The molecule has 0 aliphatic carbocycles. The van der Waals surface area contributed by atoms with Crippen molar-refractivity contribution in [3.8, 4) is 10.4 Å². The van der Waals surface area contributed by atoms with E-state index in [1.54, 1.807) is 0 Å². The fourth-order valence-corrected chi connectivity index (χ4v) is 5.00. The molecule has 1 amide bonds. The normalized spacial score (nSPS) is 15.2. The molecular formula is C25H26N4O2S. The van der Waals surface area contributed by atoms with E-state index in [0.29, 0.717) is 22.6 Å². The Balaban J connectivity index is 1.30. The van der Waals surface area contributed by atoms with Gasteiger partial charge in [0.15, 0.2) is 5.58 Å². The third-order valence-corrected chi connectivity index (χ3v) is 7.19. The largest absolute Gasteiger partial charge is 0.423 e. The summed E-state index contributed by atoms with van der Waals surface area (Å²) in [4.78, 5) is 23.7. The Labute approximate surface area is 191 Å². The van der Waals surface area contributed by atoms with Gasteiger partial charge in [-0.05, 0) is 68.9 Å². The van der Waals surface area contributed by atoms with Crippen molar-refractivity contribution in [2.75, 3.05) is 37.4 Å². The Bertz CT molecular complexity index is 1230. The lowest BCUT2D eigenvalue weighted by molar-refractivity contribution is 0.103. The Kier molecular flexibility index (Phi) is 5.68. The molecule has 2 aromatic carbocycles. The van der Waals surface area contributed by atoms with Crippen LogP contribution >= 0.6 is 11.3 Å². The first-order valence-corrected chi connectivity index (χ1v) is 11.7. The fourth-order valence-electron chi connectivity index (χ4n) is 4.09. The summed E-state index contributed by atoms with van der Waals surface area (Å²) in [5.74, 6) is -0.122. The summed E-state index contributed by atoms with van der Waals surface area (Å²) in [7, 11) is 4.20. The molecule has 0 unspecified atom stereocenters. The molecule has 164 valence electrons. The van der Waals surface area contributed by atoms with E-state index in [-0.39, 0.29) is 5.91 Å². The van der Waals surface area contributed by atoms with E-state index in [0.717, 1.165) is 47.5 Å². The zero-order chi connectivity index (χ0) is 22.1. The van der Waals surface area contributed by atoms with E-state index in [1.165, 1.54) is 11.3 Å². The Hall–Kier alpha value is -3.16. The van der Waals surface area contributed by atoms with Crippen molar-refractivity contribution in [1.29, 1.82) is 0 Å². The van der Waals surface area contributed by atoms with Gasteiger partial charge in [0.05, 0.1) is 4.88 Å². The van der Waals surface area contributed by atoms with Crippen molar-refractivity contribution in [2.45, 2.75) is 18.9 Å². The molecule has 1 saturated heterocycles. The number of carbonyl (C=O) groups excluding carboxylic acids is 1. The van der Waals surface area contributed by atoms with Gasteiger partial charge in [-0.2, -0.15) is 4.98 Å². The van der Waals surface area contributed by atoms with Crippen molar-refractivity contribution >= 4 is 40.0 Å². The van der Waals surface area contributed by atoms with Crippen LogP contribution in [-0.4, -0.2) is 49.0 Å². The number of rotatable bonds is 5. The number of aromatic nitrogens is 1. The molecule has 5 rings (SSSR count). The zero-order valence-corrected chi connectivity index (χ0v) is 19.1. The maximum absolute atomic E-state index is 12.8. The maximum Gasteiger partial charge on any atom is 0.298 e. The average molecular weight is 447 g/mol. The molecule has 0 saturated carbocycles. The lowest BCUT2D eigenvalue weighted by atomic mass is 10.0. The molecule has 4 aromatic rings. The summed E-state index contributed by atoms with van der Waals surface area (Å²) in [5, 5.41) is 2.99. The smallest absolute Gasteiger partial charge is 0.298 e. The first-order valence-electron chi connectivity index (χ1n) is 10.9. The number of anilines is 2. The number of likely N-dealkylation sites (tertiary alicyclic amines) is 1. The van der Waals surface area contributed by atoms with E-state index in [4.69, 9.17) is 4.42 Å². The van der Waals surface area contributed by atoms with Gasteiger partial charge in [0.1, 0.15) is 5.52 Å². The van der Waals surface area contributed by atoms with Crippen LogP contribution in [0.4, 0.5) is 11.7 Å². The van der Waals surface area contributed by atoms with Gasteiger partial charge < -0.3 is 19.5 Å². The second kappa shape index (κ2) is 8.76. The molecule has 7 heteroatoms. The van der Waals surface area contributed by atoms with E-state index in [1.807, 2.05) is 67.7 Å². The quantitative estimate of drug-likeness (QED) is 0.448. The van der Waals surface area contributed by atoms with Crippen LogP contribution < -0.4 is 10.2 Å². The Morgan fingerprint density at radius 2 is 1.91 bits per heavy atom. The van der Waals surface area contributed by atoms with Crippen molar-refractivity contribution < 1.29 is 9.21 Å². The molecule has 1 aliphatic rings. The molecule has 0 radical (unpaired) electrons. The van der Waals surface area contributed by atoms with Crippen molar-refractivity contribution in [2.24, 2.45) is 0 Å². The van der Waals surface area contributed by atoms with Gasteiger partial charge in [-0.3, -0.25) is 4.79 Å². The van der Waals surface area contributed by atoms with Crippen LogP contribution in [0.2, 0.25) is 0 Å². The maximum atomic E-state index is 12.8. The van der Waals surface area contributed by atoms with Crippen molar-refractivity contribution in [3.05, 3.63) is 65.5 Å². The predicted octanol–water partition coefficient (Wildman–Crippen LogP) is 5.34. The molecule has 32 heavy (non-hydrogen) atoms. The second-order valence-electron chi connectivity index (χ2n) is 8.31. The van der Waals surface area contributed by atoms with Crippen LogP contribution in [0.25, 0.3) is 21.5 Å². The number of nitrogens with one attached hydrogen (secondary N) is 1. The number of nitrogens with zero attached hydrogens (tertiary/aromatic N) is 3. The molecule has 1 aliphatic heterocycles. The lowest BCUT2D eigenvalue weighted by Crippen LogP contribution is -2.42. The van der Waals surface area contributed by atoms with Crippen LogP contribution in [0.1, 0.15) is 22.5 Å². The third-order valence-electron chi connectivity index (χ3n) is 6.06. The van der Waals surface area contributed by atoms with Gasteiger partial charge in [-0.15, -0.1) is 11.3 Å². The Morgan fingerprint density at radius 3 is 2.69 bits per heavy atom. The number of oxazole rings is 1. The molecule has 1 fully saturated rings. The van der Waals surface area contributed by atoms with Gasteiger partial charge in [0.2, 0.25) is 0 Å². The fraction of sp³-hybridized carbons (Fsp3) is 0.280. The molecule has 2 aromatic heterocycles. The van der Waals surface area contributed by atoms with Crippen LogP contribution in [0.5, 0.6) is 0 Å². The lowest BCUT2D eigenvalue weighted by Gasteiger charge is -2.34. The highest BCUT2D eigenvalue weighted by Gasteiger charge is 2.24. The number of hydrogen-bond donors (Lipinski definition) is 1. The van der Waals surface area contributed by atoms with Crippen LogP contribution in [0.3, 0.4) is 0 Å². The summed E-state index contributed by atoms with van der Waals surface area (Å²) in [6, 6.07) is 20.6. The minimum atomic E-state index is -0.122. The third kappa shape index (κ3) is 4.26. The van der Waals surface area contributed by atoms with E-state index in [9.17, 15) is 4.79 Å². The highest BCUT2D eigenvalue weighted by Crippen LogP contribution is 2.30. The highest BCUT2D eigenvalue weighted by molar-refractivity contribution is 7.17. The van der Waals surface area contributed by atoms with Gasteiger partial charge in [-0.25, -0.2) is 0 Å². The summed E-state index contributed by atoms with van der Waals surface area (Å²) in [5.41, 5.74) is 3.29. The average Bonchev–Trinajstić information content (AvgIpc) is 3.47. The number of carbonyl (C=O) groups is 1. The van der Waals surface area contributed by atoms with Crippen LogP contribution in [0.15, 0.2) is 65.1 Å². The first kappa shape index (κ1) is 20.7. The summed E-state index contributed by atoms with van der Waals surface area (Å²) in [6.07, 6.45) is 2.19. The monoisotopic (exact) mass is 446 g/mol. The minimum Gasteiger partial charge on any atom is -0.423 e. The van der Waals surface area contributed by atoms with Gasteiger partial charge in [0.25, 0.3) is 11.9 Å². The topological polar surface area (TPSA) is 61.6 Å². The van der Waals surface area contributed by atoms with E-state index < -0.39 is 0 Å². The zero-order valence-electron chi connectivity index (χ0n) is 18.2.